The Hall–Kier alpha value is -0.000000000000000111. The van der Waals surface area contributed by atoms with Gasteiger partial charge >= 0.3 is 5.97 Å². The molecule has 3 nitrogen and oxygen atoms in total. The molecule has 0 bridgehead atoms. The van der Waals surface area contributed by atoms with Gasteiger partial charge in [0, 0.05) is 12.2 Å². The van der Waals surface area contributed by atoms with Gasteiger partial charge in [-0.25, -0.2) is 4.79 Å². The number of nitrogens with zero attached hydrogens (tertiary/aromatic N) is 1. The van der Waals surface area contributed by atoms with Crippen molar-refractivity contribution in [3.8, 4) is 0 Å². The van der Waals surface area contributed by atoms with Crippen LogP contribution in [0.1, 0.15) is 23.1 Å². The zero-order valence-corrected chi connectivity index (χ0v) is 11.5. The molecule has 0 radical (unpaired) electrons. The first-order chi connectivity index (χ1) is 6.54. The van der Waals surface area contributed by atoms with Gasteiger partial charge in [-0.2, -0.15) is 0 Å². The summed E-state index contributed by atoms with van der Waals surface area (Å²) in [5.74, 6) is -0.464. The van der Waals surface area contributed by atoms with E-state index >= 15 is 0 Å². The van der Waals surface area contributed by atoms with Crippen molar-refractivity contribution in [2.75, 3.05) is 0 Å². The van der Waals surface area contributed by atoms with Crippen LogP contribution < -0.4 is 0 Å². The van der Waals surface area contributed by atoms with Gasteiger partial charge in [-0.05, 0) is 29.8 Å². The third-order valence-electron chi connectivity index (χ3n) is 1.97. The van der Waals surface area contributed by atoms with Crippen LogP contribution in [0.15, 0.2) is 4.47 Å². The molecule has 0 saturated carbocycles. The van der Waals surface area contributed by atoms with Crippen LogP contribution >= 0.6 is 43.8 Å². The Bertz CT molecular complexity index is 376. The maximum absolute atomic E-state index is 11.4. The van der Waals surface area contributed by atoms with Gasteiger partial charge in [0.05, 0.1) is 9.50 Å². The van der Waals surface area contributed by atoms with Crippen molar-refractivity contribution >= 4 is 49.8 Å². The molecule has 0 amide bonds. The molecule has 0 aromatic carbocycles. The highest BCUT2D eigenvalue weighted by atomic mass is 79.9. The van der Waals surface area contributed by atoms with Crippen LogP contribution in [0, 0.1) is 6.92 Å². The Morgan fingerprint density at radius 2 is 2.21 bits per heavy atom. The molecule has 0 unspecified atom stereocenters. The van der Waals surface area contributed by atoms with Crippen molar-refractivity contribution in [1.82, 2.24) is 4.57 Å². The van der Waals surface area contributed by atoms with E-state index in [0.29, 0.717) is 21.7 Å². The summed E-state index contributed by atoms with van der Waals surface area (Å²) in [7, 11) is 0. The molecule has 0 saturated heterocycles. The SMILES string of the molecule is CCn1c(C)c(Cl)c(Br)c1C(=O)OBr. The van der Waals surface area contributed by atoms with E-state index in [4.69, 9.17) is 11.6 Å². The zero-order valence-electron chi connectivity index (χ0n) is 7.60. The number of carbonyl (C=O) groups excluding carboxylic acids is 1. The van der Waals surface area contributed by atoms with Crippen molar-refractivity contribution < 1.29 is 8.62 Å². The molecule has 0 aliphatic rings. The molecule has 0 fully saturated rings. The molecule has 0 atom stereocenters. The molecule has 14 heavy (non-hydrogen) atoms. The van der Waals surface area contributed by atoms with Gasteiger partial charge < -0.3 is 8.40 Å². The molecule has 1 heterocycles. The Balaban J connectivity index is 3.40. The lowest BCUT2D eigenvalue weighted by Gasteiger charge is -2.05. The average Bonchev–Trinajstić information content (AvgIpc) is 2.41. The predicted octanol–water partition coefficient (Wildman–Crippen LogP) is 3.70. The van der Waals surface area contributed by atoms with E-state index in [1.54, 1.807) is 4.57 Å². The van der Waals surface area contributed by atoms with Crippen LogP contribution in [-0.2, 0) is 10.4 Å². The van der Waals surface area contributed by atoms with E-state index in [1.165, 1.54) is 0 Å². The summed E-state index contributed by atoms with van der Waals surface area (Å²) in [4.78, 5) is 11.4. The highest BCUT2D eigenvalue weighted by molar-refractivity contribution is 9.10. The normalized spacial score (nSPS) is 10.4. The third kappa shape index (κ3) is 1.85. The molecule has 1 aromatic heterocycles. The van der Waals surface area contributed by atoms with Gasteiger partial charge in [-0.1, -0.05) is 11.6 Å². The van der Waals surface area contributed by atoms with E-state index in [-0.39, 0.29) is 0 Å². The maximum Gasteiger partial charge on any atom is 0.367 e. The maximum atomic E-state index is 11.4. The lowest BCUT2D eigenvalue weighted by atomic mass is 10.4. The lowest BCUT2D eigenvalue weighted by Crippen LogP contribution is -2.09. The van der Waals surface area contributed by atoms with E-state index < -0.39 is 5.97 Å². The minimum Gasteiger partial charge on any atom is -0.379 e. The molecule has 1 aromatic rings. The molecule has 0 spiro atoms. The van der Waals surface area contributed by atoms with Crippen LogP contribution in [0.5, 0.6) is 0 Å². The number of hydrogen-bond donors (Lipinski definition) is 0. The zero-order chi connectivity index (χ0) is 10.9. The Kier molecular flexibility index (Phi) is 4.04. The quantitative estimate of drug-likeness (QED) is 0.818. The first-order valence-corrected chi connectivity index (χ1v) is 5.73. The standard InChI is InChI=1S/C8H8Br2ClNO2/c1-3-12-4(2)6(11)5(9)7(12)8(13)14-10/h3H2,1-2H3. The van der Waals surface area contributed by atoms with Gasteiger partial charge in [-0.15, -0.1) is 0 Å². The summed E-state index contributed by atoms with van der Waals surface area (Å²) in [5, 5.41) is 0.541. The van der Waals surface area contributed by atoms with Crippen LogP contribution in [0.25, 0.3) is 0 Å². The second kappa shape index (κ2) is 4.68. The van der Waals surface area contributed by atoms with Crippen molar-refractivity contribution in [2.45, 2.75) is 20.4 Å². The summed E-state index contributed by atoms with van der Waals surface area (Å²) >= 11 is 11.9. The summed E-state index contributed by atoms with van der Waals surface area (Å²) in [5.41, 5.74) is 1.26. The molecule has 0 aliphatic carbocycles. The fourth-order valence-electron chi connectivity index (χ4n) is 1.30. The lowest BCUT2D eigenvalue weighted by molar-refractivity contribution is 0.0769. The second-order valence-electron chi connectivity index (χ2n) is 2.67. The first kappa shape index (κ1) is 12.1. The molecule has 0 N–H and O–H groups in total. The minimum absolute atomic E-state index is 0.423. The highest BCUT2D eigenvalue weighted by Crippen LogP contribution is 2.33. The van der Waals surface area contributed by atoms with Gasteiger partial charge in [0.15, 0.2) is 16.3 Å². The van der Waals surface area contributed by atoms with Gasteiger partial charge in [0.25, 0.3) is 0 Å². The molecule has 78 valence electrons. The highest BCUT2D eigenvalue weighted by Gasteiger charge is 2.22. The first-order valence-electron chi connectivity index (χ1n) is 3.91. The Morgan fingerprint density at radius 3 is 2.64 bits per heavy atom. The van der Waals surface area contributed by atoms with E-state index in [2.05, 4.69) is 36.0 Å². The number of hydrogen-bond acceptors (Lipinski definition) is 2. The van der Waals surface area contributed by atoms with Gasteiger partial charge in [0.1, 0.15) is 5.69 Å². The van der Waals surface area contributed by atoms with Crippen LogP contribution in [0.4, 0.5) is 0 Å². The van der Waals surface area contributed by atoms with Crippen LogP contribution in [0.2, 0.25) is 5.02 Å². The fraction of sp³-hybridized carbons (Fsp3) is 0.375. The van der Waals surface area contributed by atoms with E-state index in [9.17, 15) is 4.79 Å². The third-order valence-corrected chi connectivity index (χ3v) is 3.73. The Morgan fingerprint density at radius 1 is 1.64 bits per heavy atom. The average molecular weight is 345 g/mol. The summed E-state index contributed by atoms with van der Waals surface area (Å²) in [6, 6.07) is 0. The predicted molar refractivity (Wildman–Crippen MR) is 61.9 cm³/mol. The summed E-state index contributed by atoms with van der Waals surface area (Å²) in [6.45, 7) is 4.44. The topological polar surface area (TPSA) is 31.2 Å². The van der Waals surface area contributed by atoms with Crippen LogP contribution in [-0.4, -0.2) is 10.5 Å². The van der Waals surface area contributed by atoms with Crippen molar-refractivity contribution in [2.24, 2.45) is 0 Å². The van der Waals surface area contributed by atoms with E-state index in [1.807, 2.05) is 13.8 Å². The number of halogens is 3. The van der Waals surface area contributed by atoms with Crippen LogP contribution in [0.3, 0.4) is 0 Å². The molecule has 0 aliphatic heterocycles. The van der Waals surface area contributed by atoms with Crippen molar-refractivity contribution in [3.63, 3.8) is 0 Å². The van der Waals surface area contributed by atoms with Crippen molar-refractivity contribution in [1.29, 1.82) is 0 Å². The van der Waals surface area contributed by atoms with Crippen molar-refractivity contribution in [3.05, 3.63) is 20.9 Å². The summed E-state index contributed by atoms with van der Waals surface area (Å²) < 4.78 is 6.85. The second-order valence-corrected chi connectivity index (χ2v) is 4.17. The van der Waals surface area contributed by atoms with Gasteiger partial charge in [-0.3, -0.25) is 0 Å². The molecular weight excluding hydrogens is 337 g/mol. The van der Waals surface area contributed by atoms with Gasteiger partial charge in [0.2, 0.25) is 0 Å². The van der Waals surface area contributed by atoms with E-state index in [0.717, 1.165) is 5.69 Å². The Labute approximate surface area is 104 Å². The molecule has 6 heteroatoms. The fourth-order valence-corrected chi connectivity index (χ4v) is 2.31. The largest absolute Gasteiger partial charge is 0.379 e. The monoisotopic (exact) mass is 343 g/mol. The number of aromatic nitrogens is 1. The summed E-state index contributed by atoms with van der Waals surface area (Å²) in [6.07, 6.45) is 0. The minimum atomic E-state index is -0.464. The molecular formula is C8H8Br2ClNO2. The number of rotatable bonds is 2. The number of carbonyl (C=O) groups is 1. The molecule has 1 rings (SSSR count). The smallest absolute Gasteiger partial charge is 0.367 e.